The molecule has 182 valence electrons. The monoisotopic (exact) mass is 495 g/mol. The van der Waals surface area contributed by atoms with Gasteiger partial charge in [0.15, 0.2) is 5.50 Å². The normalized spacial score (nSPS) is 15.8. The summed E-state index contributed by atoms with van der Waals surface area (Å²) >= 11 is 1.25. The van der Waals surface area contributed by atoms with Gasteiger partial charge in [0.2, 0.25) is 0 Å². The molecular formula is C24H25N5O5S. The minimum Gasteiger partial charge on any atom is -0.456 e. The number of hydrogen-bond acceptors (Lipinski definition) is 10. The molecule has 1 unspecified atom stereocenters. The van der Waals surface area contributed by atoms with E-state index in [1.165, 1.54) is 30.0 Å². The molecule has 3 rings (SSSR count). The molecule has 0 aromatic heterocycles. The Morgan fingerprint density at radius 3 is 2.54 bits per heavy atom. The first-order valence-corrected chi connectivity index (χ1v) is 11.8. The summed E-state index contributed by atoms with van der Waals surface area (Å²) in [5.74, 6) is 5.10. The van der Waals surface area contributed by atoms with Crippen LogP contribution in [0.5, 0.6) is 5.75 Å². The Kier molecular flexibility index (Phi) is 7.78. The molecule has 1 atom stereocenters. The summed E-state index contributed by atoms with van der Waals surface area (Å²) in [7, 11) is 0. The number of thioether (sulfide) groups is 1. The summed E-state index contributed by atoms with van der Waals surface area (Å²) in [5, 5.41) is 22.6. The minimum absolute atomic E-state index is 0.00431. The van der Waals surface area contributed by atoms with Crippen LogP contribution in [0.1, 0.15) is 42.3 Å². The molecule has 0 saturated heterocycles. The molecule has 35 heavy (non-hydrogen) atoms. The van der Waals surface area contributed by atoms with E-state index in [0.717, 1.165) is 10.6 Å². The molecule has 2 aromatic rings. The van der Waals surface area contributed by atoms with Gasteiger partial charge in [0.05, 0.1) is 16.6 Å². The molecule has 2 N–H and O–H groups in total. The van der Waals surface area contributed by atoms with Crippen molar-refractivity contribution in [3.05, 3.63) is 86.9 Å². The fourth-order valence-electron chi connectivity index (χ4n) is 3.25. The number of allylic oxidation sites excluding steroid dienone is 1. The highest BCUT2D eigenvalue weighted by molar-refractivity contribution is 7.99. The summed E-state index contributed by atoms with van der Waals surface area (Å²) in [6, 6.07) is 15.3. The summed E-state index contributed by atoms with van der Waals surface area (Å²) in [5.41, 5.74) is -0.762. The van der Waals surface area contributed by atoms with Crippen molar-refractivity contribution < 1.29 is 19.2 Å². The number of rotatable bonds is 7. The first-order valence-electron chi connectivity index (χ1n) is 10.6. The van der Waals surface area contributed by atoms with Crippen molar-refractivity contribution in [1.29, 1.82) is 5.26 Å². The average Bonchev–Trinajstić information content (AvgIpc) is 2.80. The van der Waals surface area contributed by atoms with Gasteiger partial charge >= 0.3 is 11.7 Å². The fraction of sp³-hybridized carbons (Fsp3) is 0.292. The highest BCUT2D eigenvalue weighted by Gasteiger charge is 2.39. The molecule has 0 saturated carbocycles. The van der Waals surface area contributed by atoms with E-state index < -0.39 is 27.7 Å². The van der Waals surface area contributed by atoms with Crippen LogP contribution in [0.2, 0.25) is 0 Å². The van der Waals surface area contributed by atoms with E-state index >= 15 is 0 Å². The van der Waals surface area contributed by atoms with Gasteiger partial charge in [-0.2, -0.15) is 5.26 Å². The molecule has 0 fully saturated rings. The van der Waals surface area contributed by atoms with Gasteiger partial charge in [0.25, 0.3) is 5.88 Å². The third kappa shape index (κ3) is 6.17. The van der Waals surface area contributed by atoms with Crippen molar-refractivity contribution in [2.45, 2.75) is 38.3 Å². The molecule has 11 heteroatoms. The van der Waals surface area contributed by atoms with E-state index in [2.05, 4.69) is 4.99 Å². The van der Waals surface area contributed by atoms with Gasteiger partial charge in [-0.3, -0.25) is 10.1 Å². The largest absolute Gasteiger partial charge is 0.456 e. The number of nitrogens with two attached hydrogens (primary N) is 1. The quantitative estimate of drug-likeness (QED) is 0.262. The fourth-order valence-corrected chi connectivity index (χ4v) is 3.81. The van der Waals surface area contributed by atoms with Crippen molar-refractivity contribution in [3.63, 3.8) is 0 Å². The zero-order valence-electron chi connectivity index (χ0n) is 19.7. The number of hydrazine groups is 1. The molecular weight excluding hydrogens is 470 g/mol. The predicted molar refractivity (Wildman–Crippen MR) is 132 cm³/mol. The number of nitro groups is 1. The number of carbonyl (C=O) groups excluding carboxylic acids is 1. The van der Waals surface area contributed by atoms with Crippen molar-refractivity contribution in [2.75, 3.05) is 6.26 Å². The van der Waals surface area contributed by atoms with Crippen molar-refractivity contribution in [3.8, 4) is 11.8 Å². The molecule has 1 aliphatic heterocycles. The van der Waals surface area contributed by atoms with E-state index in [1.807, 2.05) is 36.4 Å². The van der Waals surface area contributed by atoms with Gasteiger partial charge in [0.1, 0.15) is 22.6 Å². The molecule has 0 aliphatic carbocycles. The second-order valence-corrected chi connectivity index (χ2v) is 9.44. The Hall–Kier alpha value is -3.88. The zero-order valence-corrected chi connectivity index (χ0v) is 20.5. The minimum atomic E-state index is -0.794. The Bertz CT molecular complexity index is 1230. The lowest BCUT2D eigenvalue weighted by atomic mass is 10.1. The standard InChI is InChI=1S/C24H25N5O5S/c1-24(2,3)34-22(30)17-11-10-16(14-25)13-19(17)33-21-20(29(31)32)18(27-23(35-4)28(21)26)12-15-8-6-5-7-9-15/h5-11,13,23H,12,26H2,1-4H3. The Morgan fingerprint density at radius 1 is 1.29 bits per heavy atom. The molecule has 0 amide bonds. The van der Waals surface area contributed by atoms with Crippen molar-refractivity contribution in [1.82, 2.24) is 5.01 Å². The number of esters is 1. The third-order valence-corrected chi connectivity index (χ3v) is 5.51. The van der Waals surface area contributed by atoms with Gasteiger partial charge in [-0.1, -0.05) is 30.3 Å². The lowest BCUT2D eigenvalue weighted by Crippen LogP contribution is -2.45. The van der Waals surface area contributed by atoms with Gasteiger partial charge in [-0.15, -0.1) is 11.8 Å². The van der Waals surface area contributed by atoms with Crippen LogP contribution in [0.3, 0.4) is 0 Å². The van der Waals surface area contributed by atoms with E-state index in [1.54, 1.807) is 27.0 Å². The smallest absolute Gasteiger partial charge is 0.351 e. The molecule has 0 spiro atoms. The summed E-state index contributed by atoms with van der Waals surface area (Å²) in [4.78, 5) is 28.9. The zero-order chi connectivity index (χ0) is 25.8. The van der Waals surface area contributed by atoms with Crippen LogP contribution in [0.4, 0.5) is 0 Å². The maximum atomic E-state index is 12.8. The van der Waals surface area contributed by atoms with Gasteiger partial charge in [-0.25, -0.2) is 20.6 Å². The second kappa shape index (κ2) is 10.6. The number of benzene rings is 2. The Morgan fingerprint density at radius 2 is 1.97 bits per heavy atom. The van der Waals surface area contributed by atoms with Gasteiger partial charge < -0.3 is 9.47 Å². The summed E-state index contributed by atoms with van der Waals surface area (Å²) in [6.45, 7) is 5.13. The molecule has 0 radical (unpaired) electrons. The van der Waals surface area contributed by atoms with Crippen LogP contribution < -0.4 is 10.6 Å². The number of nitriles is 1. The average molecular weight is 496 g/mol. The van der Waals surface area contributed by atoms with Crippen molar-refractivity contribution >= 4 is 23.4 Å². The van der Waals surface area contributed by atoms with Crippen molar-refractivity contribution in [2.24, 2.45) is 10.8 Å². The first kappa shape index (κ1) is 25.7. The first-order chi connectivity index (χ1) is 16.5. The topological polar surface area (TPSA) is 144 Å². The summed E-state index contributed by atoms with van der Waals surface area (Å²) < 4.78 is 11.4. The van der Waals surface area contributed by atoms with E-state index in [9.17, 15) is 20.2 Å². The maximum absolute atomic E-state index is 12.8. The van der Waals surface area contributed by atoms with Gasteiger partial charge in [0, 0.05) is 6.42 Å². The molecule has 2 aromatic carbocycles. The molecule has 0 bridgehead atoms. The highest BCUT2D eigenvalue weighted by atomic mass is 32.2. The SMILES string of the molecule is CSC1N=C(Cc2ccccc2)C([N+](=O)[O-])=C(Oc2cc(C#N)ccc2C(=O)OC(C)(C)C)N1N. The number of ether oxygens (including phenoxy) is 2. The number of hydrogen-bond donors (Lipinski definition) is 1. The van der Waals surface area contributed by atoms with Crippen LogP contribution >= 0.6 is 11.8 Å². The van der Waals surface area contributed by atoms with Crippen LogP contribution in [0.25, 0.3) is 0 Å². The van der Waals surface area contributed by atoms with E-state index in [-0.39, 0.29) is 34.9 Å². The number of nitrogens with zero attached hydrogens (tertiary/aromatic N) is 4. The number of carbonyl (C=O) groups is 1. The third-order valence-electron chi connectivity index (χ3n) is 4.76. The maximum Gasteiger partial charge on any atom is 0.351 e. The van der Waals surface area contributed by atoms with Crippen LogP contribution in [0, 0.1) is 21.4 Å². The van der Waals surface area contributed by atoms with Crippen LogP contribution in [-0.2, 0) is 11.2 Å². The van der Waals surface area contributed by atoms with E-state index in [4.69, 9.17) is 15.3 Å². The highest BCUT2D eigenvalue weighted by Crippen LogP contribution is 2.31. The van der Waals surface area contributed by atoms with E-state index in [0.29, 0.717) is 0 Å². The Labute approximate surface area is 207 Å². The molecule has 1 heterocycles. The number of aliphatic imine (C=N–C) groups is 1. The second-order valence-electron chi connectivity index (χ2n) is 8.54. The molecule has 10 nitrogen and oxygen atoms in total. The lowest BCUT2D eigenvalue weighted by molar-refractivity contribution is -0.419. The lowest BCUT2D eigenvalue weighted by Gasteiger charge is -2.30. The molecule has 1 aliphatic rings. The Balaban J connectivity index is 2.13. The van der Waals surface area contributed by atoms with Gasteiger partial charge in [-0.05, 0) is 50.8 Å². The van der Waals surface area contributed by atoms with Crippen LogP contribution in [-0.4, -0.2) is 39.0 Å². The predicted octanol–water partition coefficient (Wildman–Crippen LogP) is 3.86. The van der Waals surface area contributed by atoms with Crippen LogP contribution in [0.15, 0.2) is 65.1 Å². The summed E-state index contributed by atoms with van der Waals surface area (Å²) in [6.07, 6.45) is 1.93.